The van der Waals surface area contributed by atoms with E-state index in [0.717, 1.165) is 6.42 Å². The number of hydrogen-bond donors (Lipinski definition) is 1. The second-order valence-corrected chi connectivity index (χ2v) is 4.92. The largest absolute Gasteiger partial charge is 0.385 e. The van der Waals surface area contributed by atoms with E-state index >= 15 is 0 Å². The summed E-state index contributed by atoms with van der Waals surface area (Å²) in [5.74, 6) is 0.499. The minimum atomic E-state index is -0.836. The standard InChI is InChI=1S/C15H20O2/c1-2-5-14(16)15(17)13-9-4-8-12(10-13)11-6-3-7-11/h4,8-11,14,16H,2-3,5-7H2,1H3. The van der Waals surface area contributed by atoms with Crippen LogP contribution in [0.4, 0.5) is 0 Å². The molecule has 1 aliphatic rings. The van der Waals surface area contributed by atoms with Crippen LogP contribution in [0.1, 0.15) is 60.9 Å². The van der Waals surface area contributed by atoms with Gasteiger partial charge in [0.15, 0.2) is 5.78 Å². The van der Waals surface area contributed by atoms with Gasteiger partial charge in [-0.25, -0.2) is 0 Å². The second kappa shape index (κ2) is 5.46. The van der Waals surface area contributed by atoms with Crippen molar-refractivity contribution in [1.29, 1.82) is 0 Å². The number of carbonyl (C=O) groups is 1. The zero-order valence-electron chi connectivity index (χ0n) is 10.4. The first-order valence-corrected chi connectivity index (χ1v) is 6.54. The van der Waals surface area contributed by atoms with Crippen molar-refractivity contribution in [2.24, 2.45) is 0 Å². The van der Waals surface area contributed by atoms with Crippen molar-refractivity contribution in [2.75, 3.05) is 0 Å². The third kappa shape index (κ3) is 2.75. The Kier molecular flexibility index (Phi) is 3.95. The van der Waals surface area contributed by atoms with Gasteiger partial charge in [-0.2, -0.15) is 0 Å². The molecule has 0 heterocycles. The highest BCUT2D eigenvalue weighted by Crippen LogP contribution is 2.36. The Bertz CT molecular complexity index is 394. The van der Waals surface area contributed by atoms with E-state index in [9.17, 15) is 9.90 Å². The first-order valence-electron chi connectivity index (χ1n) is 6.54. The van der Waals surface area contributed by atoms with Crippen molar-refractivity contribution in [3.63, 3.8) is 0 Å². The molecule has 1 aliphatic carbocycles. The Labute approximate surface area is 103 Å². The third-order valence-electron chi connectivity index (χ3n) is 3.61. The van der Waals surface area contributed by atoms with Crippen molar-refractivity contribution >= 4 is 5.78 Å². The molecule has 1 fully saturated rings. The summed E-state index contributed by atoms with van der Waals surface area (Å²) in [6.07, 6.45) is 4.30. The van der Waals surface area contributed by atoms with Crippen LogP contribution in [0, 0.1) is 0 Å². The van der Waals surface area contributed by atoms with Gasteiger partial charge in [0.2, 0.25) is 0 Å². The van der Waals surface area contributed by atoms with Crippen LogP contribution in [0.15, 0.2) is 24.3 Å². The lowest BCUT2D eigenvalue weighted by atomic mass is 9.79. The Morgan fingerprint density at radius 1 is 1.47 bits per heavy atom. The van der Waals surface area contributed by atoms with Gasteiger partial charge in [0, 0.05) is 5.56 Å². The van der Waals surface area contributed by atoms with E-state index in [4.69, 9.17) is 0 Å². The first kappa shape index (κ1) is 12.3. The molecule has 0 spiro atoms. The number of ketones is 1. The normalized spacial score (nSPS) is 17.5. The molecule has 1 aromatic rings. The van der Waals surface area contributed by atoms with E-state index in [1.807, 2.05) is 25.1 Å². The maximum absolute atomic E-state index is 12.0. The van der Waals surface area contributed by atoms with E-state index in [2.05, 4.69) is 6.07 Å². The predicted octanol–water partition coefficient (Wildman–Crippen LogP) is 3.30. The summed E-state index contributed by atoms with van der Waals surface area (Å²) in [7, 11) is 0. The lowest BCUT2D eigenvalue weighted by molar-refractivity contribution is 0.0729. The molecule has 0 amide bonds. The highest BCUT2D eigenvalue weighted by molar-refractivity contribution is 5.99. The third-order valence-corrected chi connectivity index (χ3v) is 3.61. The molecule has 17 heavy (non-hydrogen) atoms. The zero-order valence-corrected chi connectivity index (χ0v) is 10.4. The van der Waals surface area contributed by atoms with Crippen LogP contribution in [0.3, 0.4) is 0 Å². The van der Waals surface area contributed by atoms with E-state index in [1.165, 1.54) is 24.8 Å². The van der Waals surface area contributed by atoms with Crippen molar-refractivity contribution in [3.05, 3.63) is 35.4 Å². The summed E-state index contributed by atoms with van der Waals surface area (Å²) >= 11 is 0. The highest BCUT2D eigenvalue weighted by atomic mass is 16.3. The fraction of sp³-hybridized carbons (Fsp3) is 0.533. The maximum atomic E-state index is 12.0. The summed E-state index contributed by atoms with van der Waals surface area (Å²) in [4.78, 5) is 12.0. The summed E-state index contributed by atoms with van der Waals surface area (Å²) in [5, 5.41) is 9.72. The Balaban J connectivity index is 2.12. The smallest absolute Gasteiger partial charge is 0.191 e. The van der Waals surface area contributed by atoms with E-state index in [0.29, 0.717) is 17.9 Å². The molecule has 1 saturated carbocycles. The number of benzene rings is 1. The van der Waals surface area contributed by atoms with Gasteiger partial charge < -0.3 is 5.11 Å². The van der Waals surface area contributed by atoms with Crippen LogP contribution >= 0.6 is 0 Å². The molecule has 1 aromatic carbocycles. The molecular formula is C15H20O2. The quantitative estimate of drug-likeness (QED) is 0.791. The second-order valence-electron chi connectivity index (χ2n) is 4.92. The van der Waals surface area contributed by atoms with Crippen LogP contribution in [-0.4, -0.2) is 17.0 Å². The van der Waals surface area contributed by atoms with Crippen LogP contribution in [0.5, 0.6) is 0 Å². The van der Waals surface area contributed by atoms with Gasteiger partial charge in [-0.3, -0.25) is 4.79 Å². The molecule has 1 unspecified atom stereocenters. The lowest BCUT2D eigenvalue weighted by Crippen LogP contribution is -2.20. The number of aliphatic hydroxyl groups excluding tert-OH is 1. The molecule has 1 atom stereocenters. The molecule has 0 bridgehead atoms. The van der Waals surface area contributed by atoms with Gasteiger partial charge in [-0.05, 0) is 36.8 Å². The molecule has 0 radical (unpaired) electrons. The average Bonchev–Trinajstić information content (AvgIpc) is 2.26. The van der Waals surface area contributed by atoms with E-state index in [1.54, 1.807) is 0 Å². The van der Waals surface area contributed by atoms with Gasteiger partial charge in [0.25, 0.3) is 0 Å². The summed E-state index contributed by atoms with van der Waals surface area (Å²) in [6.45, 7) is 1.97. The molecule has 2 nitrogen and oxygen atoms in total. The minimum absolute atomic E-state index is 0.131. The molecule has 92 valence electrons. The molecular weight excluding hydrogens is 212 g/mol. The van der Waals surface area contributed by atoms with Gasteiger partial charge in [-0.15, -0.1) is 0 Å². The number of aliphatic hydroxyl groups is 1. The maximum Gasteiger partial charge on any atom is 0.191 e. The van der Waals surface area contributed by atoms with Crippen molar-refractivity contribution in [2.45, 2.75) is 51.0 Å². The Morgan fingerprint density at radius 3 is 2.82 bits per heavy atom. The molecule has 2 rings (SSSR count). The SMILES string of the molecule is CCCC(O)C(=O)c1cccc(C2CCC2)c1. The summed E-state index contributed by atoms with van der Waals surface area (Å²) < 4.78 is 0. The summed E-state index contributed by atoms with van der Waals surface area (Å²) in [5.41, 5.74) is 1.92. The van der Waals surface area contributed by atoms with Crippen LogP contribution in [-0.2, 0) is 0 Å². The first-order chi connectivity index (χ1) is 8.22. The van der Waals surface area contributed by atoms with Gasteiger partial charge in [0.05, 0.1) is 0 Å². The molecule has 0 saturated heterocycles. The highest BCUT2D eigenvalue weighted by Gasteiger charge is 2.21. The molecule has 0 aliphatic heterocycles. The molecule has 2 heteroatoms. The number of hydrogen-bond acceptors (Lipinski definition) is 2. The monoisotopic (exact) mass is 232 g/mol. The summed E-state index contributed by atoms with van der Waals surface area (Å²) in [6, 6.07) is 7.79. The van der Waals surface area contributed by atoms with Crippen molar-refractivity contribution in [3.8, 4) is 0 Å². The minimum Gasteiger partial charge on any atom is -0.385 e. The fourth-order valence-electron chi connectivity index (χ4n) is 2.28. The van der Waals surface area contributed by atoms with Crippen LogP contribution in [0.25, 0.3) is 0 Å². The predicted molar refractivity (Wildman–Crippen MR) is 68.3 cm³/mol. The fourth-order valence-corrected chi connectivity index (χ4v) is 2.28. The average molecular weight is 232 g/mol. The molecule has 1 N–H and O–H groups in total. The van der Waals surface area contributed by atoms with Crippen molar-refractivity contribution < 1.29 is 9.90 Å². The van der Waals surface area contributed by atoms with Crippen LogP contribution in [0.2, 0.25) is 0 Å². The van der Waals surface area contributed by atoms with Gasteiger partial charge in [-0.1, -0.05) is 38.0 Å². The number of carbonyl (C=O) groups excluding carboxylic acids is 1. The van der Waals surface area contributed by atoms with Crippen LogP contribution < -0.4 is 0 Å². The van der Waals surface area contributed by atoms with Crippen molar-refractivity contribution in [1.82, 2.24) is 0 Å². The topological polar surface area (TPSA) is 37.3 Å². The number of rotatable bonds is 5. The Hall–Kier alpha value is -1.15. The zero-order chi connectivity index (χ0) is 12.3. The van der Waals surface area contributed by atoms with Gasteiger partial charge in [0.1, 0.15) is 6.10 Å². The number of Topliss-reactive ketones (excluding diaryl/α,β-unsaturated/α-hetero) is 1. The van der Waals surface area contributed by atoms with E-state index in [-0.39, 0.29) is 5.78 Å². The van der Waals surface area contributed by atoms with E-state index < -0.39 is 6.10 Å². The van der Waals surface area contributed by atoms with Gasteiger partial charge >= 0.3 is 0 Å². The lowest BCUT2D eigenvalue weighted by Gasteiger charge is -2.26. The molecule has 0 aromatic heterocycles. The Morgan fingerprint density at radius 2 is 2.24 bits per heavy atom.